The number of nitrogens with two attached hydrogens (primary N) is 1. The Labute approximate surface area is 80.8 Å². The minimum absolute atomic E-state index is 0.578. The van der Waals surface area contributed by atoms with E-state index in [9.17, 15) is 0 Å². The van der Waals surface area contributed by atoms with Crippen molar-refractivity contribution >= 4 is 5.96 Å². The van der Waals surface area contributed by atoms with Crippen molar-refractivity contribution in [1.29, 1.82) is 0 Å². The lowest BCUT2D eigenvalue weighted by Gasteiger charge is -2.23. The maximum absolute atomic E-state index is 5.73. The molecule has 0 heterocycles. The Morgan fingerprint density at radius 1 is 1.38 bits per heavy atom. The minimum atomic E-state index is 0.578. The summed E-state index contributed by atoms with van der Waals surface area (Å²) in [6, 6.07) is 0.578. The minimum Gasteiger partial charge on any atom is -0.370 e. The summed E-state index contributed by atoms with van der Waals surface area (Å²) in [5.74, 6) is 0.633. The maximum atomic E-state index is 5.73. The van der Waals surface area contributed by atoms with Crippen LogP contribution in [0.25, 0.3) is 0 Å². The lowest BCUT2D eigenvalue weighted by Crippen LogP contribution is -2.41. The quantitative estimate of drug-likeness (QED) is 0.516. The van der Waals surface area contributed by atoms with E-state index in [0.717, 1.165) is 13.0 Å². The first kappa shape index (κ1) is 10.4. The van der Waals surface area contributed by atoms with E-state index in [1.807, 2.05) is 0 Å². The monoisotopic (exact) mass is 183 g/mol. The average Bonchev–Trinajstić information content (AvgIpc) is 2.16. The molecule has 0 saturated heterocycles. The number of hydrogen-bond donors (Lipinski definition) is 2. The second-order valence-corrected chi connectivity index (χ2v) is 3.75. The molecule has 1 rings (SSSR count). The summed E-state index contributed by atoms with van der Waals surface area (Å²) >= 11 is 0. The molecule has 0 aromatic heterocycles. The molecule has 13 heavy (non-hydrogen) atoms. The van der Waals surface area contributed by atoms with Crippen molar-refractivity contribution in [1.82, 2.24) is 5.32 Å². The molecule has 3 heteroatoms. The molecule has 1 fully saturated rings. The highest BCUT2D eigenvalue weighted by molar-refractivity contribution is 5.78. The number of aliphatic imine (C=N–C) groups is 1. The molecular weight excluding hydrogens is 162 g/mol. The number of rotatable bonds is 3. The van der Waals surface area contributed by atoms with Crippen LogP contribution >= 0.6 is 0 Å². The SMILES string of the molecule is CCCN=C(N)NC1CCCCC1. The van der Waals surface area contributed by atoms with Crippen LogP contribution in [-0.2, 0) is 0 Å². The van der Waals surface area contributed by atoms with E-state index < -0.39 is 0 Å². The predicted molar refractivity (Wildman–Crippen MR) is 56.8 cm³/mol. The van der Waals surface area contributed by atoms with Gasteiger partial charge in [0.15, 0.2) is 5.96 Å². The van der Waals surface area contributed by atoms with E-state index in [2.05, 4.69) is 17.2 Å². The van der Waals surface area contributed by atoms with Gasteiger partial charge in [0.25, 0.3) is 0 Å². The van der Waals surface area contributed by atoms with Gasteiger partial charge in [-0.05, 0) is 19.3 Å². The summed E-state index contributed by atoms with van der Waals surface area (Å²) in [7, 11) is 0. The molecule has 0 bridgehead atoms. The molecule has 76 valence electrons. The first-order chi connectivity index (χ1) is 6.33. The highest BCUT2D eigenvalue weighted by Crippen LogP contribution is 2.16. The van der Waals surface area contributed by atoms with Crippen LogP contribution in [0.4, 0.5) is 0 Å². The fourth-order valence-electron chi connectivity index (χ4n) is 1.73. The second-order valence-electron chi connectivity index (χ2n) is 3.75. The molecule has 1 aliphatic rings. The van der Waals surface area contributed by atoms with Crippen LogP contribution < -0.4 is 11.1 Å². The largest absolute Gasteiger partial charge is 0.370 e. The summed E-state index contributed by atoms with van der Waals surface area (Å²) in [5, 5.41) is 3.28. The zero-order valence-electron chi connectivity index (χ0n) is 8.55. The third-order valence-corrected chi connectivity index (χ3v) is 2.46. The normalized spacial score (nSPS) is 20.2. The molecule has 0 aliphatic heterocycles. The zero-order valence-corrected chi connectivity index (χ0v) is 8.55. The van der Waals surface area contributed by atoms with Crippen LogP contribution in [0.3, 0.4) is 0 Å². The number of nitrogens with one attached hydrogen (secondary N) is 1. The van der Waals surface area contributed by atoms with Crippen molar-refractivity contribution in [2.24, 2.45) is 10.7 Å². The van der Waals surface area contributed by atoms with E-state index in [1.165, 1.54) is 32.1 Å². The summed E-state index contributed by atoms with van der Waals surface area (Å²) in [6.07, 6.45) is 7.61. The van der Waals surface area contributed by atoms with E-state index in [-0.39, 0.29) is 0 Å². The molecule has 1 saturated carbocycles. The molecule has 0 aromatic rings. The van der Waals surface area contributed by atoms with Gasteiger partial charge in [-0.15, -0.1) is 0 Å². The number of hydrogen-bond acceptors (Lipinski definition) is 1. The Hall–Kier alpha value is -0.730. The van der Waals surface area contributed by atoms with Crippen LogP contribution in [0.1, 0.15) is 45.4 Å². The molecular formula is C10H21N3. The van der Waals surface area contributed by atoms with E-state index in [0.29, 0.717) is 12.0 Å². The van der Waals surface area contributed by atoms with Crippen LogP contribution in [0.15, 0.2) is 4.99 Å². The van der Waals surface area contributed by atoms with Gasteiger partial charge in [-0.2, -0.15) is 0 Å². The standard InChI is InChI=1S/C10H21N3/c1-2-8-12-10(11)13-9-6-4-3-5-7-9/h9H,2-8H2,1H3,(H3,11,12,13). The summed E-state index contributed by atoms with van der Waals surface area (Å²) in [4.78, 5) is 4.22. The van der Waals surface area contributed by atoms with Crippen molar-refractivity contribution in [3.05, 3.63) is 0 Å². The van der Waals surface area contributed by atoms with Gasteiger partial charge in [-0.1, -0.05) is 26.2 Å². The van der Waals surface area contributed by atoms with Crippen molar-refractivity contribution < 1.29 is 0 Å². The summed E-state index contributed by atoms with van der Waals surface area (Å²) < 4.78 is 0. The summed E-state index contributed by atoms with van der Waals surface area (Å²) in [6.45, 7) is 2.95. The molecule has 0 amide bonds. The smallest absolute Gasteiger partial charge is 0.188 e. The van der Waals surface area contributed by atoms with Gasteiger partial charge < -0.3 is 11.1 Å². The predicted octanol–water partition coefficient (Wildman–Crippen LogP) is 1.63. The Balaban J connectivity index is 2.21. The summed E-state index contributed by atoms with van der Waals surface area (Å²) in [5.41, 5.74) is 5.73. The fourth-order valence-corrected chi connectivity index (χ4v) is 1.73. The molecule has 0 aromatic carbocycles. The molecule has 3 nitrogen and oxygen atoms in total. The number of guanidine groups is 1. The van der Waals surface area contributed by atoms with Crippen LogP contribution in [0.5, 0.6) is 0 Å². The average molecular weight is 183 g/mol. The maximum Gasteiger partial charge on any atom is 0.188 e. The van der Waals surface area contributed by atoms with Gasteiger partial charge in [0, 0.05) is 12.6 Å². The Morgan fingerprint density at radius 3 is 2.69 bits per heavy atom. The highest BCUT2D eigenvalue weighted by atomic mass is 15.1. The first-order valence-corrected chi connectivity index (χ1v) is 5.39. The van der Waals surface area contributed by atoms with Crippen molar-refractivity contribution in [3.63, 3.8) is 0 Å². The topological polar surface area (TPSA) is 50.4 Å². The highest BCUT2D eigenvalue weighted by Gasteiger charge is 2.12. The van der Waals surface area contributed by atoms with E-state index in [4.69, 9.17) is 5.73 Å². The van der Waals surface area contributed by atoms with Crippen LogP contribution in [0.2, 0.25) is 0 Å². The van der Waals surface area contributed by atoms with Crippen molar-refractivity contribution in [2.45, 2.75) is 51.5 Å². The van der Waals surface area contributed by atoms with Crippen LogP contribution in [0, 0.1) is 0 Å². The molecule has 1 aliphatic carbocycles. The third-order valence-electron chi connectivity index (χ3n) is 2.46. The van der Waals surface area contributed by atoms with Gasteiger partial charge in [-0.25, -0.2) is 0 Å². The lowest BCUT2D eigenvalue weighted by molar-refractivity contribution is 0.412. The van der Waals surface area contributed by atoms with Crippen LogP contribution in [-0.4, -0.2) is 18.5 Å². The van der Waals surface area contributed by atoms with Gasteiger partial charge >= 0.3 is 0 Å². The number of nitrogens with zero attached hydrogens (tertiary/aromatic N) is 1. The van der Waals surface area contributed by atoms with E-state index in [1.54, 1.807) is 0 Å². The fraction of sp³-hybridized carbons (Fsp3) is 0.900. The Kier molecular flexibility index (Phi) is 4.65. The van der Waals surface area contributed by atoms with Gasteiger partial charge in [0.1, 0.15) is 0 Å². The Bertz CT molecular complexity index is 160. The van der Waals surface area contributed by atoms with Gasteiger partial charge in [0.05, 0.1) is 0 Å². The molecule has 0 atom stereocenters. The van der Waals surface area contributed by atoms with Crippen molar-refractivity contribution in [2.75, 3.05) is 6.54 Å². The van der Waals surface area contributed by atoms with Gasteiger partial charge in [0.2, 0.25) is 0 Å². The second kappa shape index (κ2) is 5.84. The molecule has 0 spiro atoms. The third kappa shape index (κ3) is 4.15. The Morgan fingerprint density at radius 2 is 2.08 bits per heavy atom. The molecule has 3 N–H and O–H groups in total. The zero-order chi connectivity index (χ0) is 9.52. The van der Waals surface area contributed by atoms with E-state index >= 15 is 0 Å². The van der Waals surface area contributed by atoms with Crippen molar-refractivity contribution in [3.8, 4) is 0 Å². The lowest BCUT2D eigenvalue weighted by atomic mass is 9.96. The van der Waals surface area contributed by atoms with Gasteiger partial charge in [-0.3, -0.25) is 4.99 Å². The molecule has 0 unspecified atom stereocenters. The first-order valence-electron chi connectivity index (χ1n) is 5.39. The molecule has 0 radical (unpaired) electrons.